The Morgan fingerprint density at radius 2 is 1.46 bits per heavy atom. The van der Waals surface area contributed by atoms with Crippen molar-refractivity contribution in [2.75, 3.05) is 19.8 Å². The highest BCUT2D eigenvalue weighted by atomic mass is 16.5. The number of aliphatic hydroxyl groups excluding tert-OH is 1. The summed E-state index contributed by atoms with van der Waals surface area (Å²) in [6.07, 6.45) is 2.62. The van der Waals surface area contributed by atoms with E-state index in [1.54, 1.807) is 0 Å². The van der Waals surface area contributed by atoms with Crippen molar-refractivity contribution >= 4 is 0 Å². The Labute approximate surface area is 149 Å². The molecule has 5 nitrogen and oxygen atoms in total. The Morgan fingerprint density at radius 1 is 0.917 bits per heavy atom. The minimum Gasteiger partial charge on any atom is -0.394 e. The molecule has 0 aliphatic carbocycles. The molecule has 0 saturated heterocycles. The second-order valence-electron chi connectivity index (χ2n) is 9.81. The molecule has 2 unspecified atom stereocenters. The quantitative estimate of drug-likeness (QED) is 0.535. The zero-order valence-electron chi connectivity index (χ0n) is 17.2. The maximum Gasteiger partial charge on any atom is 0.0675 e. The molecule has 146 valence electrons. The molecule has 0 heterocycles. The van der Waals surface area contributed by atoms with Crippen molar-refractivity contribution in [1.29, 1.82) is 0 Å². The van der Waals surface area contributed by atoms with Gasteiger partial charge in [-0.05, 0) is 73.6 Å². The van der Waals surface area contributed by atoms with E-state index in [0.717, 1.165) is 19.3 Å². The standard InChI is InChI=1S/C19H42N2O3/c1-15(9-10-18(7,8)24-13-17(5,6)20)11-19(21,12-22)14-23-16(2,3)4/h15,22H,9-14,20-21H2,1-8H3. The zero-order chi connectivity index (χ0) is 19.2. The smallest absolute Gasteiger partial charge is 0.0675 e. The summed E-state index contributed by atoms with van der Waals surface area (Å²) in [5, 5.41) is 9.69. The molecule has 0 aromatic heterocycles. The molecule has 0 rings (SSSR count). The molecule has 0 aliphatic heterocycles. The summed E-state index contributed by atoms with van der Waals surface area (Å²) in [5.41, 5.74) is 10.8. The summed E-state index contributed by atoms with van der Waals surface area (Å²) < 4.78 is 11.7. The molecule has 0 saturated carbocycles. The van der Waals surface area contributed by atoms with Crippen LogP contribution in [0.2, 0.25) is 0 Å². The molecule has 0 bridgehead atoms. The van der Waals surface area contributed by atoms with E-state index in [1.807, 2.05) is 34.6 Å². The Bertz CT molecular complexity index is 359. The van der Waals surface area contributed by atoms with E-state index in [0.29, 0.717) is 19.1 Å². The Kier molecular flexibility index (Phi) is 8.87. The van der Waals surface area contributed by atoms with E-state index in [1.165, 1.54) is 0 Å². The molecule has 5 heteroatoms. The van der Waals surface area contributed by atoms with Crippen molar-refractivity contribution < 1.29 is 14.6 Å². The van der Waals surface area contributed by atoms with Crippen molar-refractivity contribution in [3.63, 3.8) is 0 Å². The lowest BCUT2D eigenvalue weighted by Gasteiger charge is -2.34. The predicted molar refractivity (Wildman–Crippen MR) is 101 cm³/mol. The van der Waals surface area contributed by atoms with Crippen LogP contribution < -0.4 is 11.5 Å². The number of aliphatic hydroxyl groups is 1. The highest BCUT2D eigenvalue weighted by molar-refractivity contribution is 4.87. The van der Waals surface area contributed by atoms with Gasteiger partial charge in [-0.1, -0.05) is 6.92 Å². The van der Waals surface area contributed by atoms with Gasteiger partial charge in [0.15, 0.2) is 0 Å². The Balaban J connectivity index is 4.41. The lowest BCUT2D eigenvalue weighted by atomic mass is 9.85. The number of hydrogen-bond donors (Lipinski definition) is 3. The lowest BCUT2D eigenvalue weighted by Crippen LogP contribution is -2.51. The van der Waals surface area contributed by atoms with Gasteiger partial charge in [-0.25, -0.2) is 0 Å². The minimum atomic E-state index is -0.697. The molecule has 0 radical (unpaired) electrons. The number of ether oxygens (including phenoxy) is 2. The summed E-state index contributed by atoms with van der Waals surface area (Å²) in [7, 11) is 0. The van der Waals surface area contributed by atoms with Crippen LogP contribution in [0.5, 0.6) is 0 Å². The zero-order valence-corrected chi connectivity index (χ0v) is 17.2. The molecule has 5 N–H and O–H groups in total. The van der Waals surface area contributed by atoms with Gasteiger partial charge in [0, 0.05) is 5.54 Å². The van der Waals surface area contributed by atoms with Gasteiger partial charge in [-0.3, -0.25) is 0 Å². The van der Waals surface area contributed by atoms with Crippen LogP contribution in [0.25, 0.3) is 0 Å². The average molecular weight is 347 g/mol. The second kappa shape index (κ2) is 8.95. The average Bonchev–Trinajstić information content (AvgIpc) is 2.40. The summed E-state index contributed by atoms with van der Waals surface area (Å²) in [5.74, 6) is 0.375. The molecule has 0 fully saturated rings. The SMILES string of the molecule is CC(CCC(C)(C)OCC(C)(C)N)CC(N)(CO)COC(C)(C)C. The van der Waals surface area contributed by atoms with E-state index < -0.39 is 5.54 Å². The molecule has 0 aromatic rings. The van der Waals surface area contributed by atoms with Crippen molar-refractivity contribution in [3.05, 3.63) is 0 Å². The van der Waals surface area contributed by atoms with Gasteiger partial charge in [0.2, 0.25) is 0 Å². The summed E-state index contributed by atoms with van der Waals surface area (Å²) in [4.78, 5) is 0. The topological polar surface area (TPSA) is 90.7 Å². The fraction of sp³-hybridized carbons (Fsp3) is 1.00. The van der Waals surface area contributed by atoms with E-state index >= 15 is 0 Å². The summed E-state index contributed by atoms with van der Waals surface area (Å²) in [6.45, 7) is 17.1. The van der Waals surface area contributed by atoms with Gasteiger partial charge < -0.3 is 26.0 Å². The molecular weight excluding hydrogens is 304 g/mol. The highest BCUT2D eigenvalue weighted by Gasteiger charge is 2.30. The monoisotopic (exact) mass is 346 g/mol. The summed E-state index contributed by atoms with van der Waals surface area (Å²) in [6, 6.07) is 0. The van der Waals surface area contributed by atoms with Crippen molar-refractivity contribution in [2.45, 2.75) is 96.9 Å². The van der Waals surface area contributed by atoms with E-state index in [9.17, 15) is 5.11 Å². The molecule has 2 atom stereocenters. The fourth-order valence-corrected chi connectivity index (χ4v) is 2.37. The van der Waals surface area contributed by atoms with Gasteiger partial charge in [0.1, 0.15) is 0 Å². The molecule has 0 aliphatic rings. The van der Waals surface area contributed by atoms with Gasteiger partial charge in [0.05, 0.1) is 36.6 Å². The van der Waals surface area contributed by atoms with Gasteiger partial charge in [-0.15, -0.1) is 0 Å². The number of rotatable bonds is 11. The minimum absolute atomic E-state index is 0.0747. The third-order valence-corrected chi connectivity index (χ3v) is 3.94. The van der Waals surface area contributed by atoms with E-state index in [2.05, 4.69) is 20.8 Å². The van der Waals surface area contributed by atoms with Crippen LogP contribution in [-0.4, -0.2) is 47.2 Å². The third kappa shape index (κ3) is 12.2. The second-order valence-corrected chi connectivity index (χ2v) is 9.81. The number of hydrogen-bond acceptors (Lipinski definition) is 5. The first-order chi connectivity index (χ1) is 10.6. The molecule has 0 spiro atoms. The van der Waals surface area contributed by atoms with E-state index in [-0.39, 0.29) is 23.3 Å². The van der Waals surface area contributed by atoms with Crippen LogP contribution in [0.4, 0.5) is 0 Å². The lowest BCUT2D eigenvalue weighted by molar-refractivity contribution is -0.0517. The highest BCUT2D eigenvalue weighted by Crippen LogP contribution is 2.26. The number of nitrogens with two attached hydrogens (primary N) is 2. The van der Waals surface area contributed by atoms with Crippen LogP contribution in [0.1, 0.15) is 74.7 Å². The van der Waals surface area contributed by atoms with Crippen LogP contribution in [-0.2, 0) is 9.47 Å². The van der Waals surface area contributed by atoms with Gasteiger partial charge in [-0.2, -0.15) is 0 Å². The van der Waals surface area contributed by atoms with Crippen LogP contribution >= 0.6 is 0 Å². The van der Waals surface area contributed by atoms with E-state index in [4.69, 9.17) is 20.9 Å². The maximum atomic E-state index is 9.69. The molecule has 0 aromatic carbocycles. The van der Waals surface area contributed by atoms with Crippen LogP contribution in [0.3, 0.4) is 0 Å². The van der Waals surface area contributed by atoms with Gasteiger partial charge >= 0.3 is 0 Å². The van der Waals surface area contributed by atoms with Crippen LogP contribution in [0.15, 0.2) is 0 Å². The van der Waals surface area contributed by atoms with Crippen molar-refractivity contribution in [3.8, 4) is 0 Å². The fourth-order valence-electron chi connectivity index (χ4n) is 2.37. The predicted octanol–water partition coefficient (Wildman–Crippen LogP) is 2.83. The molecule has 0 amide bonds. The van der Waals surface area contributed by atoms with Crippen molar-refractivity contribution in [2.24, 2.45) is 17.4 Å². The largest absolute Gasteiger partial charge is 0.394 e. The first-order valence-corrected chi connectivity index (χ1v) is 9.04. The van der Waals surface area contributed by atoms with Gasteiger partial charge in [0.25, 0.3) is 0 Å². The normalized spacial score (nSPS) is 17.6. The first-order valence-electron chi connectivity index (χ1n) is 9.04. The first kappa shape index (κ1) is 23.8. The Morgan fingerprint density at radius 3 is 1.88 bits per heavy atom. The van der Waals surface area contributed by atoms with Crippen molar-refractivity contribution in [1.82, 2.24) is 0 Å². The third-order valence-electron chi connectivity index (χ3n) is 3.94. The molecular formula is C19H42N2O3. The van der Waals surface area contributed by atoms with Crippen LogP contribution in [0, 0.1) is 5.92 Å². The maximum absolute atomic E-state index is 9.69. The Hall–Kier alpha value is -0.200. The molecule has 24 heavy (non-hydrogen) atoms. The summed E-state index contributed by atoms with van der Waals surface area (Å²) >= 11 is 0.